The van der Waals surface area contributed by atoms with E-state index in [1.165, 1.54) is 0 Å². The minimum absolute atomic E-state index is 0.0635. The number of carbonyl (C=O) groups excluding carboxylic acids is 1. The first kappa shape index (κ1) is 18.0. The highest BCUT2D eigenvalue weighted by Crippen LogP contribution is 2.31. The van der Waals surface area contributed by atoms with Crippen molar-refractivity contribution in [2.75, 3.05) is 11.9 Å². The predicted molar refractivity (Wildman–Crippen MR) is 96.3 cm³/mol. The number of aliphatic hydroxyl groups is 1. The van der Waals surface area contributed by atoms with Crippen LogP contribution in [0.4, 0.5) is 5.69 Å². The Bertz CT molecular complexity index is 702. The Hall–Kier alpha value is -2.33. The van der Waals surface area contributed by atoms with Gasteiger partial charge in [-0.2, -0.15) is 0 Å². The second kappa shape index (κ2) is 7.49. The first-order valence-electron chi connectivity index (χ1n) is 8.08. The lowest BCUT2D eigenvalue weighted by Crippen LogP contribution is -2.22. The summed E-state index contributed by atoms with van der Waals surface area (Å²) in [5.74, 6) is 0.454. The molecule has 128 valence electrons. The van der Waals surface area contributed by atoms with E-state index in [2.05, 4.69) is 26.1 Å². The highest BCUT2D eigenvalue weighted by atomic mass is 16.5. The van der Waals surface area contributed by atoms with E-state index in [0.29, 0.717) is 17.0 Å². The van der Waals surface area contributed by atoms with Gasteiger partial charge in [-0.05, 0) is 30.0 Å². The van der Waals surface area contributed by atoms with E-state index in [-0.39, 0.29) is 17.9 Å². The number of carbonyl (C=O) groups is 1. The van der Waals surface area contributed by atoms with Crippen molar-refractivity contribution in [2.24, 2.45) is 0 Å². The van der Waals surface area contributed by atoms with E-state index in [9.17, 15) is 9.90 Å². The van der Waals surface area contributed by atoms with Gasteiger partial charge in [-0.25, -0.2) is 0 Å². The second-order valence-corrected chi connectivity index (χ2v) is 6.85. The summed E-state index contributed by atoms with van der Waals surface area (Å²) in [7, 11) is 0. The van der Waals surface area contributed by atoms with Crippen LogP contribution in [-0.2, 0) is 10.2 Å². The summed E-state index contributed by atoms with van der Waals surface area (Å²) in [5.41, 5.74) is 2.28. The SMILES string of the molecule is CC(O)c1ccccc1NC(=O)COc1ccccc1C(C)(C)C. The summed E-state index contributed by atoms with van der Waals surface area (Å²) in [4.78, 5) is 12.2. The number of hydrogen-bond donors (Lipinski definition) is 2. The molecule has 2 rings (SSSR count). The van der Waals surface area contributed by atoms with Crippen LogP contribution in [0, 0.1) is 0 Å². The predicted octanol–water partition coefficient (Wildman–Crippen LogP) is 4.05. The van der Waals surface area contributed by atoms with Crippen LogP contribution in [0.5, 0.6) is 5.75 Å². The van der Waals surface area contributed by atoms with Gasteiger partial charge in [-0.15, -0.1) is 0 Å². The molecule has 0 fully saturated rings. The molecule has 0 aliphatic heterocycles. The fourth-order valence-electron chi connectivity index (χ4n) is 2.52. The third kappa shape index (κ3) is 4.59. The molecule has 0 spiro atoms. The van der Waals surface area contributed by atoms with E-state index in [1.54, 1.807) is 19.1 Å². The Balaban J connectivity index is 2.05. The van der Waals surface area contributed by atoms with Gasteiger partial charge in [0.25, 0.3) is 5.91 Å². The fourth-order valence-corrected chi connectivity index (χ4v) is 2.52. The molecule has 0 aliphatic rings. The smallest absolute Gasteiger partial charge is 0.262 e. The largest absolute Gasteiger partial charge is 0.483 e. The molecule has 1 amide bonds. The van der Waals surface area contributed by atoms with Crippen LogP contribution in [0.2, 0.25) is 0 Å². The molecule has 1 unspecified atom stereocenters. The number of nitrogens with one attached hydrogen (secondary N) is 1. The number of para-hydroxylation sites is 2. The van der Waals surface area contributed by atoms with E-state index in [4.69, 9.17) is 4.74 Å². The molecule has 24 heavy (non-hydrogen) atoms. The number of ether oxygens (including phenoxy) is 1. The van der Waals surface area contributed by atoms with Crippen molar-refractivity contribution in [1.29, 1.82) is 0 Å². The minimum Gasteiger partial charge on any atom is -0.483 e. The van der Waals surface area contributed by atoms with E-state index < -0.39 is 6.10 Å². The molecule has 0 aliphatic carbocycles. The van der Waals surface area contributed by atoms with Crippen molar-refractivity contribution in [3.8, 4) is 5.75 Å². The van der Waals surface area contributed by atoms with E-state index >= 15 is 0 Å². The molecule has 2 aromatic rings. The molecule has 0 heterocycles. The third-order valence-corrected chi connectivity index (χ3v) is 3.74. The van der Waals surface area contributed by atoms with Crippen LogP contribution in [0.15, 0.2) is 48.5 Å². The zero-order chi connectivity index (χ0) is 17.7. The van der Waals surface area contributed by atoms with Crippen LogP contribution in [0.25, 0.3) is 0 Å². The second-order valence-electron chi connectivity index (χ2n) is 6.85. The van der Waals surface area contributed by atoms with Gasteiger partial charge in [0.15, 0.2) is 6.61 Å². The number of hydrogen-bond acceptors (Lipinski definition) is 3. The average Bonchev–Trinajstić information content (AvgIpc) is 2.52. The van der Waals surface area contributed by atoms with Gasteiger partial charge >= 0.3 is 0 Å². The lowest BCUT2D eigenvalue weighted by atomic mass is 9.86. The van der Waals surface area contributed by atoms with Gasteiger partial charge in [0.05, 0.1) is 6.10 Å². The van der Waals surface area contributed by atoms with Gasteiger partial charge in [-0.3, -0.25) is 4.79 Å². The molecule has 1 atom stereocenters. The van der Waals surface area contributed by atoms with Crippen LogP contribution >= 0.6 is 0 Å². The quantitative estimate of drug-likeness (QED) is 0.871. The van der Waals surface area contributed by atoms with Crippen LogP contribution in [0.3, 0.4) is 0 Å². The van der Waals surface area contributed by atoms with Crippen molar-refractivity contribution in [2.45, 2.75) is 39.2 Å². The molecular weight excluding hydrogens is 302 g/mol. The summed E-state index contributed by atoms with van der Waals surface area (Å²) in [6.45, 7) is 7.90. The molecule has 0 bridgehead atoms. The lowest BCUT2D eigenvalue weighted by molar-refractivity contribution is -0.118. The zero-order valence-electron chi connectivity index (χ0n) is 14.7. The number of amides is 1. The summed E-state index contributed by atoms with van der Waals surface area (Å²) >= 11 is 0. The first-order chi connectivity index (χ1) is 11.3. The number of benzene rings is 2. The molecule has 0 saturated carbocycles. The van der Waals surface area contributed by atoms with Crippen molar-refractivity contribution in [1.82, 2.24) is 0 Å². The van der Waals surface area contributed by atoms with E-state index in [0.717, 1.165) is 5.56 Å². The monoisotopic (exact) mass is 327 g/mol. The van der Waals surface area contributed by atoms with Crippen molar-refractivity contribution >= 4 is 11.6 Å². The Labute approximate surface area is 143 Å². The third-order valence-electron chi connectivity index (χ3n) is 3.74. The molecule has 0 radical (unpaired) electrons. The van der Waals surface area contributed by atoms with Gasteiger partial charge in [0, 0.05) is 11.3 Å². The standard InChI is InChI=1S/C20H25NO3/c1-14(22)15-9-5-7-11-17(15)21-19(23)13-24-18-12-8-6-10-16(18)20(2,3)4/h5-12,14,22H,13H2,1-4H3,(H,21,23). The Morgan fingerprint density at radius 2 is 1.75 bits per heavy atom. The molecule has 0 aromatic heterocycles. The first-order valence-corrected chi connectivity index (χ1v) is 8.08. The normalized spacial score (nSPS) is 12.5. The zero-order valence-corrected chi connectivity index (χ0v) is 14.7. The topological polar surface area (TPSA) is 58.6 Å². The maximum absolute atomic E-state index is 12.2. The van der Waals surface area contributed by atoms with Crippen molar-refractivity contribution in [3.63, 3.8) is 0 Å². The Morgan fingerprint density at radius 1 is 1.12 bits per heavy atom. The molecule has 2 aromatic carbocycles. The van der Waals surface area contributed by atoms with Crippen LogP contribution < -0.4 is 10.1 Å². The van der Waals surface area contributed by atoms with E-state index in [1.807, 2.05) is 36.4 Å². The maximum Gasteiger partial charge on any atom is 0.262 e. The summed E-state index contributed by atoms with van der Waals surface area (Å²) in [6, 6.07) is 14.9. The van der Waals surface area contributed by atoms with Gasteiger partial charge in [-0.1, -0.05) is 57.2 Å². The van der Waals surface area contributed by atoms with Gasteiger partial charge in [0.2, 0.25) is 0 Å². The highest BCUT2D eigenvalue weighted by Gasteiger charge is 2.19. The molecule has 2 N–H and O–H groups in total. The summed E-state index contributed by atoms with van der Waals surface area (Å²) in [5, 5.41) is 12.6. The van der Waals surface area contributed by atoms with Gasteiger partial charge in [0.1, 0.15) is 5.75 Å². The number of aliphatic hydroxyl groups excluding tert-OH is 1. The van der Waals surface area contributed by atoms with Gasteiger partial charge < -0.3 is 15.2 Å². The number of rotatable bonds is 5. The average molecular weight is 327 g/mol. The highest BCUT2D eigenvalue weighted by molar-refractivity contribution is 5.92. The van der Waals surface area contributed by atoms with Crippen molar-refractivity contribution in [3.05, 3.63) is 59.7 Å². The lowest BCUT2D eigenvalue weighted by Gasteiger charge is -2.22. The molecule has 0 saturated heterocycles. The maximum atomic E-state index is 12.2. The fraction of sp³-hybridized carbons (Fsp3) is 0.350. The Kier molecular flexibility index (Phi) is 5.62. The molecule has 4 heteroatoms. The summed E-state index contributed by atoms with van der Waals surface area (Å²) < 4.78 is 5.72. The molecule has 4 nitrogen and oxygen atoms in total. The number of anilines is 1. The minimum atomic E-state index is -0.649. The van der Waals surface area contributed by atoms with Crippen LogP contribution in [0.1, 0.15) is 44.9 Å². The van der Waals surface area contributed by atoms with Crippen LogP contribution in [-0.4, -0.2) is 17.6 Å². The molecular formula is C20H25NO3. The Morgan fingerprint density at radius 3 is 2.42 bits per heavy atom. The summed E-state index contributed by atoms with van der Waals surface area (Å²) in [6.07, 6.45) is -0.649. The van der Waals surface area contributed by atoms with Crippen molar-refractivity contribution < 1.29 is 14.6 Å².